The third-order valence-electron chi connectivity index (χ3n) is 4.45. The molecule has 1 aliphatic rings. The number of benzene rings is 1. The van der Waals surface area contributed by atoms with Crippen molar-refractivity contribution in [1.82, 2.24) is 10.2 Å². The van der Waals surface area contributed by atoms with Crippen LogP contribution in [0.5, 0.6) is 0 Å². The quantitative estimate of drug-likeness (QED) is 0.803. The molecule has 0 saturated carbocycles. The first-order valence-electron chi connectivity index (χ1n) is 8.68. The highest BCUT2D eigenvalue weighted by Gasteiger charge is 2.35. The number of amides is 2. The van der Waals surface area contributed by atoms with Crippen LogP contribution in [0.15, 0.2) is 24.3 Å². The minimum absolute atomic E-state index is 0.0676. The average molecular weight is 393 g/mol. The maximum atomic E-state index is 12.5. The summed E-state index contributed by atoms with van der Waals surface area (Å²) in [4.78, 5) is 26.4. The SMILES string of the molecule is CCC[C@@H](C)c1nnc(NC(=O)[C@H]2CC(=O)N(c3ccc(Cl)cc3)C2)s1. The molecule has 1 aliphatic heterocycles. The lowest BCUT2D eigenvalue weighted by atomic mass is 10.1. The smallest absolute Gasteiger partial charge is 0.231 e. The fourth-order valence-electron chi connectivity index (χ4n) is 3.00. The van der Waals surface area contributed by atoms with E-state index in [1.165, 1.54) is 11.3 Å². The van der Waals surface area contributed by atoms with Crippen LogP contribution in [0.3, 0.4) is 0 Å². The summed E-state index contributed by atoms with van der Waals surface area (Å²) >= 11 is 7.29. The van der Waals surface area contributed by atoms with Crippen LogP contribution >= 0.6 is 22.9 Å². The first-order valence-corrected chi connectivity index (χ1v) is 9.87. The molecule has 3 rings (SSSR count). The maximum Gasteiger partial charge on any atom is 0.231 e. The summed E-state index contributed by atoms with van der Waals surface area (Å²) in [7, 11) is 0. The highest BCUT2D eigenvalue weighted by molar-refractivity contribution is 7.15. The van der Waals surface area contributed by atoms with Gasteiger partial charge in [0.05, 0.1) is 5.92 Å². The van der Waals surface area contributed by atoms with Gasteiger partial charge in [0.1, 0.15) is 5.01 Å². The van der Waals surface area contributed by atoms with E-state index >= 15 is 0 Å². The van der Waals surface area contributed by atoms with Gasteiger partial charge in [0.15, 0.2) is 0 Å². The standard InChI is InChI=1S/C18H21ClN4O2S/c1-3-4-11(2)17-21-22-18(26-17)20-16(25)12-9-15(24)23(10-12)14-7-5-13(19)6-8-14/h5-8,11-12H,3-4,9-10H2,1-2H3,(H,20,22,25)/t11-,12+/m1/s1. The summed E-state index contributed by atoms with van der Waals surface area (Å²) in [6, 6.07) is 7.04. The fourth-order valence-corrected chi connectivity index (χ4v) is 3.96. The average Bonchev–Trinajstić information content (AvgIpc) is 3.23. The lowest BCUT2D eigenvalue weighted by Crippen LogP contribution is -2.28. The van der Waals surface area contributed by atoms with E-state index in [4.69, 9.17) is 11.6 Å². The number of nitrogens with zero attached hydrogens (tertiary/aromatic N) is 3. The summed E-state index contributed by atoms with van der Waals surface area (Å²) < 4.78 is 0. The van der Waals surface area contributed by atoms with Gasteiger partial charge in [-0.15, -0.1) is 10.2 Å². The highest BCUT2D eigenvalue weighted by atomic mass is 35.5. The molecule has 8 heteroatoms. The predicted molar refractivity (Wildman–Crippen MR) is 104 cm³/mol. The monoisotopic (exact) mass is 392 g/mol. The van der Waals surface area contributed by atoms with E-state index in [-0.39, 0.29) is 18.2 Å². The summed E-state index contributed by atoms with van der Waals surface area (Å²) in [5.41, 5.74) is 0.751. The molecule has 0 aliphatic carbocycles. The van der Waals surface area contributed by atoms with Crippen LogP contribution in [0, 0.1) is 5.92 Å². The number of carbonyl (C=O) groups is 2. The Hall–Kier alpha value is -1.99. The van der Waals surface area contributed by atoms with Crippen molar-refractivity contribution in [2.45, 2.75) is 39.0 Å². The van der Waals surface area contributed by atoms with E-state index in [0.717, 1.165) is 23.5 Å². The van der Waals surface area contributed by atoms with Gasteiger partial charge in [-0.05, 0) is 30.7 Å². The van der Waals surface area contributed by atoms with Crippen molar-refractivity contribution in [3.63, 3.8) is 0 Å². The molecule has 2 aromatic rings. The van der Waals surface area contributed by atoms with E-state index in [1.807, 2.05) is 0 Å². The van der Waals surface area contributed by atoms with Gasteiger partial charge in [-0.1, -0.05) is 43.2 Å². The largest absolute Gasteiger partial charge is 0.312 e. The summed E-state index contributed by atoms with van der Waals surface area (Å²) in [5, 5.41) is 13.1. The molecular formula is C18H21ClN4O2S. The van der Waals surface area contributed by atoms with Crippen LogP contribution in [0.4, 0.5) is 10.8 Å². The van der Waals surface area contributed by atoms with Crippen molar-refractivity contribution in [3.05, 3.63) is 34.3 Å². The van der Waals surface area contributed by atoms with Gasteiger partial charge in [0.2, 0.25) is 16.9 Å². The lowest BCUT2D eigenvalue weighted by Gasteiger charge is -2.16. The van der Waals surface area contributed by atoms with E-state index in [9.17, 15) is 9.59 Å². The van der Waals surface area contributed by atoms with Gasteiger partial charge in [0.25, 0.3) is 0 Å². The van der Waals surface area contributed by atoms with Crippen molar-refractivity contribution in [1.29, 1.82) is 0 Å². The van der Waals surface area contributed by atoms with Crippen LogP contribution in [-0.4, -0.2) is 28.6 Å². The van der Waals surface area contributed by atoms with Gasteiger partial charge >= 0.3 is 0 Å². The number of hydrogen-bond donors (Lipinski definition) is 1. The molecule has 0 spiro atoms. The second-order valence-electron chi connectivity index (χ2n) is 6.51. The molecule has 1 N–H and O–H groups in total. The molecule has 26 heavy (non-hydrogen) atoms. The van der Waals surface area contributed by atoms with Gasteiger partial charge < -0.3 is 10.2 Å². The van der Waals surface area contributed by atoms with Crippen LogP contribution < -0.4 is 10.2 Å². The van der Waals surface area contributed by atoms with Crippen molar-refractivity contribution < 1.29 is 9.59 Å². The molecule has 0 bridgehead atoms. The van der Waals surface area contributed by atoms with Crippen molar-refractivity contribution in [3.8, 4) is 0 Å². The fraction of sp³-hybridized carbons (Fsp3) is 0.444. The number of hydrogen-bond acceptors (Lipinski definition) is 5. The topological polar surface area (TPSA) is 75.2 Å². The normalized spacial score (nSPS) is 18.2. The van der Waals surface area contributed by atoms with Gasteiger partial charge in [-0.25, -0.2) is 0 Å². The van der Waals surface area contributed by atoms with Crippen LogP contribution in [0.1, 0.15) is 44.0 Å². The molecule has 0 unspecified atom stereocenters. The molecule has 0 radical (unpaired) electrons. The molecule has 1 aromatic carbocycles. The van der Waals surface area contributed by atoms with Gasteiger partial charge in [-0.2, -0.15) is 0 Å². The second kappa shape index (κ2) is 8.14. The molecule has 2 atom stereocenters. The lowest BCUT2D eigenvalue weighted by molar-refractivity contribution is -0.122. The molecule has 6 nitrogen and oxygen atoms in total. The van der Waals surface area contributed by atoms with E-state index in [1.54, 1.807) is 29.2 Å². The van der Waals surface area contributed by atoms with Crippen LogP contribution in [-0.2, 0) is 9.59 Å². The Morgan fingerprint density at radius 2 is 2.12 bits per heavy atom. The van der Waals surface area contributed by atoms with E-state index in [2.05, 4.69) is 29.4 Å². The molecule has 2 heterocycles. The molecular weight excluding hydrogens is 372 g/mol. The maximum absolute atomic E-state index is 12.5. The first-order chi connectivity index (χ1) is 12.5. The summed E-state index contributed by atoms with van der Waals surface area (Å²) in [6.45, 7) is 4.59. The first kappa shape index (κ1) is 18.8. The van der Waals surface area contributed by atoms with Crippen molar-refractivity contribution in [2.75, 3.05) is 16.8 Å². The van der Waals surface area contributed by atoms with Gasteiger partial charge in [0, 0.05) is 29.6 Å². The third kappa shape index (κ3) is 4.22. The molecule has 2 amide bonds. The summed E-state index contributed by atoms with van der Waals surface area (Å²) in [5.74, 6) is -0.335. The van der Waals surface area contributed by atoms with Crippen molar-refractivity contribution >= 4 is 45.6 Å². The Morgan fingerprint density at radius 1 is 1.38 bits per heavy atom. The number of nitrogens with one attached hydrogen (secondary N) is 1. The number of rotatable bonds is 6. The zero-order chi connectivity index (χ0) is 18.7. The van der Waals surface area contributed by atoms with E-state index in [0.29, 0.717) is 22.6 Å². The Balaban J connectivity index is 1.62. The van der Waals surface area contributed by atoms with Crippen molar-refractivity contribution in [2.24, 2.45) is 5.92 Å². The predicted octanol–water partition coefficient (Wildman–Crippen LogP) is 4.09. The molecule has 138 valence electrons. The zero-order valence-electron chi connectivity index (χ0n) is 14.7. The highest BCUT2D eigenvalue weighted by Crippen LogP contribution is 2.29. The number of halogens is 1. The van der Waals surface area contributed by atoms with E-state index < -0.39 is 5.92 Å². The Bertz CT molecular complexity index is 793. The number of anilines is 2. The zero-order valence-corrected chi connectivity index (χ0v) is 16.3. The van der Waals surface area contributed by atoms with Gasteiger partial charge in [-0.3, -0.25) is 9.59 Å². The van der Waals surface area contributed by atoms with Crippen LogP contribution in [0.2, 0.25) is 5.02 Å². The number of aromatic nitrogens is 2. The third-order valence-corrected chi connectivity index (χ3v) is 5.77. The Morgan fingerprint density at radius 3 is 2.81 bits per heavy atom. The van der Waals surface area contributed by atoms with Crippen LogP contribution in [0.25, 0.3) is 0 Å². The minimum atomic E-state index is -0.404. The molecule has 1 fully saturated rings. The second-order valence-corrected chi connectivity index (χ2v) is 7.95. The minimum Gasteiger partial charge on any atom is -0.312 e. The molecule has 1 saturated heterocycles. The Kier molecular flexibility index (Phi) is 5.88. The molecule has 1 aromatic heterocycles. The summed E-state index contributed by atoms with van der Waals surface area (Å²) in [6.07, 6.45) is 2.30. The Labute approximate surface area is 161 Å². The number of carbonyl (C=O) groups excluding carboxylic acids is 2.